The van der Waals surface area contributed by atoms with Crippen molar-refractivity contribution < 1.29 is 9.36 Å². The summed E-state index contributed by atoms with van der Waals surface area (Å²) in [6, 6.07) is 9.58. The maximum atomic E-state index is 11.6. The monoisotopic (exact) mass is 300 g/mol. The number of benzene rings is 1. The Hall–Kier alpha value is -2.19. The zero-order valence-corrected chi connectivity index (χ0v) is 12.8. The smallest absolute Gasteiger partial charge is 0.319 e. The zero-order valence-electron chi connectivity index (χ0n) is 11.9. The van der Waals surface area contributed by atoms with Crippen molar-refractivity contribution in [3.8, 4) is 12.3 Å². The first-order valence-corrected chi connectivity index (χ1v) is 7.31. The molecule has 0 aliphatic rings. The molecular formula is C16H18N3OS+. The van der Waals surface area contributed by atoms with Gasteiger partial charge in [0.25, 0.3) is 0 Å². The molecule has 2 amide bonds. The van der Waals surface area contributed by atoms with Crippen LogP contribution >= 0.6 is 12.6 Å². The normalized spacial score (nSPS) is 10.1. The summed E-state index contributed by atoms with van der Waals surface area (Å²) in [5.74, 6) is 3.27. The van der Waals surface area contributed by atoms with E-state index >= 15 is 0 Å². The molecule has 0 spiro atoms. The van der Waals surface area contributed by atoms with Crippen molar-refractivity contribution in [1.29, 1.82) is 0 Å². The topological polar surface area (TPSA) is 45.0 Å². The first kappa shape index (κ1) is 15.2. The van der Waals surface area contributed by atoms with Crippen LogP contribution in [-0.2, 0) is 6.54 Å². The number of hydrogen-bond donors (Lipinski definition) is 3. The Morgan fingerprint density at radius 1 is 1.38 bits per heavy atom. The first-order chi connectivity index (χ1) is 10.2. The number of rotatable bonds is 4. The molecule has 2 rings (SSSR count). The van der Waals surface area contributed by atoms with Crippen molar-refractivity contribution >= 4 is 35.3 Å². The molecule has 5 heteroatoms. The van der Waals surface area contributed by atoms with Gasteiger partial charge in [0.05, 0.1) is 0 Å². The molecule has 1 aromatic heterocycles. The third-order valence-corrected chi connectivity index (χ3v) is 3.38. The van der Waals surface area contributed by atoms with Gasteiger partial charge in [0.1, 0.15) is 0 Å². The highest BCUT2D eigenvalue weighted by Gasteiger charge is 2.12. The lowest BCUT2D eigenvalue weighted by Gasteiger charge is -2.08. The third kappa shape index (κ3) is 3.67. The van der Waals surface area contributed by atoms with Crippen LogP contribution in [-0.4, -0.2) is 18.3 Å². The molecule has 21 heavy (non-hydrogen) atoms. The van der Waals surface area contributed by atoms with Gasteiger partial charge >= 0.3 is 6.03 Å². The molecular weight excluding hydrogens is 282 g/mol. The van der Waals surface area contributed by atoms with Crippen LogP contribution in [0.5, 0.6) is 0 Å². The fourth-order valence-electron chi connectivity index (χ4n) is 2.15. The minimum atomic E-state index is -0.230. The number of aryl methyl sites for hydroxylation is 1. The lowest BCUT2D eigenvalue weighted by molar-refractivity contribution is -0.664. The van der Waals surface area contributed by atoms with Crippen molar-refractivity contribution in [3.05, 3.63) is 36.0 Å². The number of hydrogen-bond acceptors (Lipinski definition) is 2. The summed E-state index contributed by atoms with van der Waals surface area (Å²) < 4.78 is 2.07. The molecule has 1 aromatic carbocycles. The zero-order chi connectivity index (χ0) is 15.2. The summed E-state index contributed by atoms with van der Waals surface area (Å²) >= 11 is 4.05. The van der Waals surface area contributed by atoms with E-state index in [0.717, 1.165) is 22.3 Å². The predicted octanol–water partition coefficient (Wildman–Crippen LogP) is 2.12. The van der Waals surface area contributed by atoms with Crippen molar-refractivity contribution in [2.45, 2.75) is 13.5 Å². The molecule has 0 aliphatic carbocycles. The summed E-state index contributed by atoms with van der Waals surface area (Å²) in [4.78, 5) is 11.6. The van der Waals surface area contributed by atoms with Crippen LogP contribution in [0.15, 0.2) is 30.3 Å². The van der Waals surface area contributed by atoms with E-state index < -0.39 is 0 Å². The molecule has 2 N–H and O–H groups in total. The van der Waals surface area contributed by atoms with E-state index in [-0.39, 0.29) is 6.03 Å². The molecule has 0 bridgehead atoms. The number of aromatic nitrogens is 1. The number of pyridine rings is 1. The number of carbonyl (C=O) groups excluding carboxylic acids is 1. The Kier molecular flexibility index (Phi) is 5.07. The Morgan fingerprint density at radius 2 is 2.19 bits per heavy atom. The summed E-state index contributed by atoms with van der Waals surface area (Å²) in [6.07, 6.45) is 5.42. The number of urea groups is 1. The second kappa shape index (κ2) is 7.00. The molecule has 4 nitrogen and oxygen atoms in total. The Labute approximate surface area is 130 Å². The van der Waals surface area contributed by atoms with Crippen LogP contribution in [0, 0.1) is 19.3 Å². The van der Waals surface area contributed by atoms with E-state index in [1.807, 2.05) is 37.3 Å². The minimum absolute atomic E-state index is 0.230. The molecule has 0 saturated carbocycles. The van der Waals surface area contributed by atoms with Crippen LogP contribution in [0.4, 0.5) is 10.5 Å². The quantitative estimate of drug-likeness (QED) is 0.452. The summed E-state index contributed by atoms with van der Waals surface area (Å²) in [6.45, 7) is 3.08. The molecule has 1 heterocycles. The van der Waals surface area contributed by atoms with Gasteiger partial charge in [0.2, 0.25) is 12.1 Å². The van der Waals surface area contributed by atoms with E-state index in [2.05, 4.69) is 33.7 Å². The maximum Gasteiger partial charge on any atom is 0.319 e. The highest BCUT2D eigenvalue weighted by molar-refractivity contribution is 7.80. The van der Waals surface area contributed by atoms with Gasteiger partial charge in [-0.1, -0.05) is 0 Å². The van der Waals surface area contributed by atoms with Gasteiger partial charge in [-0.2, -0.15) is 17.2 Å². The highest BCUT2D eigenvalue weighted by Crippen LogP contribution is 2.17. The van der Waals surface area contributed by atoms with Gasteiger partial charge in [-0.25, -0.2) is 4.79 Å². The standard InChI is InChI=1S/C16H17N3OS/c1-3-9-19-12(2)4-5-13-11-14(6-7-15(13)19)18-16(20)17-8-10-21/h1,4-7,11H,8-10H2,2H3,(H2-,17,18,20,21)/p+1. The number of amides is 2. The van der Waals surface area contributed by atoms with Gasteiger partial charge in [-0.05, 0) is 24.1 Å². The molecule has 108 valence electrons. The summed E-state index contributed by atoms with van der Waals surface area (Å²) in [5.41, 5.74) is 2.90. The van der Waals surface area contributed by atoms with Crippen molar-refractivity contribution in [2.75, 3.05) is 17.6 Å². The van der Waals surface area contributed by atoms with Crippen molar-refractivity contribution in [3.63, 3.8) is 0 Å². The molecule has 0 aliphatic heterocycles. The van der Waals surface area contributed by atoms with Crippen LogP contribution < -0.4 is 15.2 Å². The van der Waals surface area contributed by atoms with E-state index in [1.165, 1.54) is 0 Å². The molecule has 2 aromatic rings. The van der Waals surface area contributed by atoms with Gasteiger partial charge in [0, 0.05) is 42.4 Å². The average Bonchev–Trinajstić information content (AvgIpc) is 2.48. The second-order valence-electron chi connectivity index (χ2n) is 4.64. The fourth-order valence-corrected chi connectivity index (χ4v) is 2.26. The van der Waals surface area contributed by atoms with Crippen molar-refractivity contribution in [1.82, 2.24) is 5.32 Å². The number of carbonyl (C=O) groups is 1. The van der Waals surface area contributed by atoms with Crippen LogP contribution in [0.3, 0.4) is 0 Å². The molecule has 0 saturated heterocycles. The van der Waals surface area contributed by atoms with E-state index in [1.54, 1.807) is 0 Å². The summed E-state index contributed by atoms with van der Waals surface area (Å²) in [7, 11) is 0. The Morgan fingerprint density at radius 3 is 2.90 bits per heavy atom. The maximum absolute atomic E-state index is 11.6. The van der Waals surface area contributed by atoms with E-state index in [0.29, 0.717) is 18.8 Å². The fraction of sp³-hybridized carbons (Fsp3) is 0.250. The minimum Gasteiger partial charge on any atom is -0.337 e. The predicted molar refractivity (Wildman–Crippen MR) is 88.6 cm³/mol. The Balaban J connectivity index is 2.29. The third-order valence-electron chi connectivity index (χ3n) is 3.15. The number of fused-ring (bicyclic) bond motifs is 1. The molecule has 0 radical (unpaired) electrons. The van der Waals surface area contributed by atoms with Gasteiger partial charge in [-0.3, -0.25) is 0 Å². The second-order valence-corrected chi connectivity index (χ2v) is 5.09. The lowest BCUT2D eigenvalue weighted by atomic mass is 10.1. The number of nitrogens with zero attached hydrogens (tertiary/aromatic N) is 1. The number of thiol groups is 1. The SMILES string of the molecule is C#CC[n+]1c(C)ccc2cc(NC(=O)NCCS)ccc21. The molecule has 0 atom stereocenters. The average molecular weight is 300 g/mol. The molecule has 0 unspecified atom stereocenters. The molecule has 0 fully saturated rings. The van der Waals surface area contributed by atoms with Crippen LogP contribution in [0.2, 0.25) is 0 Å². The highest BCUT2D eigenvalue weighted by atomic mass is 32.1. The Bertz CT molecular complexity index is 706. The van der Waals surface area contributed by atoms with Gasteiger partial charge in [-0.15, -0.1) is 6.42 Å². The summed E-state index contributed by atoms with van der Waals surface area (Å²) in [5, 5.41) is 6.54. The van der Waals surface area contributed by atoms with E-state index in [9.17, 15) is 4.79 Å². The first-order valence-electron chi connectivity index (χ1n) is 6.68. The number of terminal acetylenes is 1. The number of nitrogens with one attached hydrogen (secondary N) is 2. The number of anilines is 1. The van der Waals surface area contributed by atoms with E-state index in [4.69, 9.17) is 6.42 Å². The largest absolute Gasteiger partial charge is 0.337 e. The van der Waals surface area contributed by atoms with Crippen LogP contribution in [0.25, 0.3) is 10.9 Å². The lowest BCUT2D eigenvalue weighted by Crippen LogP contribution is -2.37. The van der Waals surface area contributed by atoms with Gasteiger partial charge in [0.15, 0.2) is 5.69 Å². The van der Waals surface area contributed by atoms with Crippen molar-refractivity contribution in [2.24, 2.45) is 0 Å². The van der Waals surface area contributed by atoms with Crippen LogP contribution in [0.1, 0.15) is 5.69 Å². The van der Waals surface area contributed by atoms with Gasteiger partial charge < -0.3 is 10.6 Å².